The Hall–Kier alpha value is -2.55. The van der Waals surface area contributed by atoms with Crippen molar-refractivity contribution in [1.82, 2.24) is 20.1 Å². The summed E-state index contributed by atoms with van der Waals surface area (Å²) in [6.45, 7) is -0.906. The summed E-state index contributed by atoms with van der Waals surface area (Å²) in [5, 5.41) is 5.98. The molecule has 6 nitrogen and oxygen atoms in total. The highest BCUT2D eigenvalue weighted by molar-refractivity contribution is 9.10. The lowest BCUT2D eigenvalue weighted by atomic mass is 9.91. The largest absolute Gasteiger partial charge is 0.435 e. The molecule has 3 aliphatic carbocycles. The van der Waals surface area contributed by atoms with E-state index in [-0.39, 0.29) is 25.0 Å². The van der Waals surface area contributed by atoms with Crippen molar-refractivity contribution in [2.75, 3.05) is 11.0 Å². The molecule has 1 fully saturated rings. The molecule has 1 amide bonds. The molecule has 15 heteroatoms. The van der Waals surface area contributed by atoms with E-state index in [0.29, 0.717) is 14.8 Å². The fourth-order valence-corrected chi connectivity index (χ4v) is 6.30. The first-order valence-electron chi connectivity index (χ1n) is 11.8. The lowest BCUT2D eigenvalue weighted by Crippen LogP contribution is -2.35. The average Bonchev–Trinajstić information content (AvgIpc) is 3.46. The van der Waals surface area contributed by atoms with Crippen LogP contribution in [0.3, 0.4) is 0 Å². The highest BCUT2D eigenvalue weighted by atomic mass is 79.9. The Morgan fingerprint density at radius 1 is 1.33 bits per heavy atom. The molecule has 5 rings (SSSR count). The summed E-state index contributed by atoms with van der Waals surface area (Å²) in [5.41, 5.74) is -1.94. The Bertz CT molecular complexity index is 1380. The van der Waals surface area contributed by atoms with E-state index in [1.165, 1.54) is 24.2 Å². The first kappa shape index (κ1) is 28.0. The van der Waals surface area contributed by atoms with E-state index in [1.807, 2.05) is 0 Å². The van der Waals surface area contributed by atoms with Gasteiger partial charge in [0.1, 0.15) is 23.9 Å². The predicted molar refractivity (Wildman–Crippen MR) is 133 cm³/mol. The number of amides is 1. The SMILES string of the molecule is CSNc1cnc([C@H](CC2C=C(F)C=C(F)C2)NC(=O)Cn2nc(C(F)(F)F)c3c2C(F)(F)[C@@H]2C[C@H]32)c(Br)c1. The van der Waals surface area contributed by atoms with Crippen LogP contribution in [0, 0.1) is 11.8 Å². The van der Waals surface area contributed by atoms with E-state index < -0.39 is 77.0 Å². The van der Waals surface area contributed by atoms with Crippen LogP contribution in [-0.4, -0.2) is 26.9 Å². The molecular weight excluding hydrogens is 619 g/mol. The third kappa shape index (κ3) is 5.43. The number of fused-ring (bicyclic) bond motifs is 3. The van der Waals surface area contributed by atoms with Crippen molar-refractivity contribution in [3.05, 3.63) is 63.2 Å². The zero-order chi connectivity index (χ0) is 28.3. The molecule has 0 spiro atoms. The van der Waals surface area contributed by atoms with Crippen LogP contribution in [0.4, 0.5) is 36.4 Å². The number of nitrogens with one attached hydrogen (secondary N) is 2. The van der Waals surface area contributed by atoms with Gasteiger partial charge in [0, 0.05) is 34.7 Å². The number of alkyl halides is 5. The molecular formula is C24H21BrF7N5OS. The zero-order valence-corrected chi connectivity index (χ0v) is 22.5. The Morgan fingerprint density at radius 2 is 2.08 bits per heavy atom. The lowest BCUT2D eigenvalue weighted by Gasteiger charge is -2.25. The molecule has 2 aromatic heterocycles. The van der Waals surface area contributed by atoms with Crippen LogP contribution >= 0.6 is 27.9 Å². The highest BCUT2D eigenvalue weighted by Crippen LogP contribution is 2.68. The van der Waals surface area contributed by atoms with Crippen LogP contribution in [0.5, 0.6) is 0 Å². The predicted octanol–water partition coefficient (Wildman–Crippen LogP) is 6.93. The van der Waals surface area contributed by atoms with Gasteiger partial charge >= 0.3 is 6.18 Å². The third-order valence-corrected chi connectivity index (χ3v) is 8.01. The molecule has 1 unspecified atom stereocenters. The molecule has 0 bridgehead atoms. The smallest absolute Gasteiger partial charge is 0.346 e. The van der Waals surface area contributed by atoms with Crippen LogP contribution in [0.25, 0.3) is 0 Å². The highest BCUT2D eigenvalue weighted by Gasteiger charge is 2.68. The molecule has 2 N–H and O–H groups in total. The summed E-state index contributed by atoms with van der Waals surface area (Å²) in [6.07, 6.45) is 0.0209. The number of rotatable bonds is 8. The molecule has 3 aliphatic rings. The van der Waals surface area contributed by atoms with Crippen LogP contribution in [0.15, 0.2) is 40.5 Å². The Kier molecular flexibility index (Phi) is 7.27. The van der Waals surface area contributed by atoms with Gasteiger partial charge in [-0.1, -0.05) is 11.9 Å². The van der Waals surface area contributed by atoms with Crippen molar-refractivity contribution in [2.24, 2.45) is 11.8 Å². The number of pyridine rings is 1. The van der Waals surface area contributed by atoms with E-state index in [4.69, 9.17) is 0 Å². The van der Waals surface area contributed by atoms with Crippen LogP contribution in [0.1, 0.15) is 53.9 Å². The van der Waals surface area contributed by atoms with E-state index in [1.54, 1.807) is 12.3 Å². The molecule has 2 aromatic rings. The maximum absolute atomic E-state index is 14.9. The van der Waals surface area contributed by atoms with Crippen molar-refractivity contribution >= 4 is 39.5 Å². The van der Waals surface area contributed by atoms with Gasteiger partial charge in [-0.05, 0) is 52.7 Å². The standard InChI is InChI=1S/C24H21BrF7N5OS/c1-39-36-13-6-16(25)20(33-8-13)17(4-10-2-11(26)5-12(27)3-10)34-18(38)9-37-22-19(21(35-37)24(30,31)32)14-7-15(14)23(22,28)29/h2,5-6,8,10,14-15,17,36H,3-4,7,9H2,1H3,(H,34,38)/t10?,14-,15+,17-/m0/s1. The van der Waals surface area contributed by atoms with Crippen molar-refractivity contribution in [1.29, 1.82) is 0 Å². The number of allylic oxidation sites excluding steroid dienone is 4. The Labute approximate surface area is 230 Å². The molecule has 2 heterocycles. The second kappa shape index (κ2) is 10.1. The number of hydrogen-bond donors (Lipinski definition) is 2. The second-order valence-electron chi connectivity index (χ2n) is 9.70. The zero-order valence-electron chi connectivity index (χ0n) is 20.1. The van der Waals surface area contributed by atoms with Gasteiger partial charge in [0.05, 0.1) is 23.6 Å². The maximum atomic E-state index is 14.9. The first-order chi connectivity index (χ1) is 18.3. The van der Waals surface area contributed by atoms with Crippen LogP contribution in [-0.2, 0) is 23.4 Å². The van der Waals surface area contributed by atoms with E-state index >= 15 is 0 Å². The number of hydrogen-bond acceptors (Lipinski definition) is 5. The van der Waals surface area contributed by atoms with Gasteiger partial charge in [-0.2, -0.15) is 27.1 Å². The number of carbonyl (C=O) groups excluding carboxylic acids is 1. The van der Waals surface area contributed by atoms with E-state index in [0.717, 1.165) is 6.08 Å². The number of carbonyl (C=O) groups is 1. The van der Waals surface area contributed by atoms with E-state index in [2.05, 4.69) is 36.1 Å². The van der Waals surface area contributed by atoms with Gasteiger partial charge in [0.2, 0.25) is 5.91 Å². The van der Waals surface area contributed by atoms with Gasteiger partial charge in [0.15, 0.2) is 5.69 Å². The fourth-order valence-electron chi connectivity index (χ4n) is 5.33. The van der Waals surface area contributed by atoms with Gasteiger partial charge < -0.3 is 10.0 Å². The van der Waals surface area contributed by atoms with Gasteiger partial charge in [-0.25, -0.2) is 8.78 Å². The van der Waals surface area contributed by atoms with Gasteiger partial charge in [-0.3, -0.25) is 14.5 Å². The molecule has 1 saturated carbocycles. The maximum Gasteiger partial charge on any atom is 0.435 e. The van der Waals surface area contributed by atoms with Gasteiger partial charge in [-0.15, -0.1) is 0 Å². The van der Waals surface area contributed by atoms with E-state index in [9.17, 15) is 35.5 Å². The number of nitrogens with zero attached hydrogens (tertiary/aromatic N) is 3. The quantitative estimate of drug-likeness (QED) is 0.242. The number of halogens is 8. The molecule has 4 atom stereocenters. The number of anilines is 1. The summed E-state index contributed by atoms with van der Waals surface area (Å²) in [7, 11) is 0. The summed E-state index contributed by atoms with van der Waals surface area (Å²) >= 11 is 4.68. The normalized spacial score (nSPS) is 23.9. The monoisotopic (exact) mass is 639 g/mol. The average molecular weight is 640 g/mol. The molecule has 210 valence electrons. The minimum absolute atomic E-state index is 0.0212. The minimum Gasteiger partial charge on any atom is -0.346 e. The van der Waals surface area contributed by atoms with Crippen LogP contribution < -0.4 is 10.0 Å². The molecule has 0 saturated heterocycles. The van der Waals surface area contributed by atoms with Crippen molar-refractivity contribution in [3.63, 3.8) is 0 Å². The number of aromatic nitrogens is 3. The minimum atomic E-state index is -4.96. The Balaban J connectivity index is 1.43. The van der Waals surface area contributed by atoms with Crippen molar-refractivity contribution in [2.45, 2.75) is 49.9 Å². The van der Waals surface area contributed by atoms with Crippen molar-refractivity contribution < 1.29 is 35.5 Å². The fraction of sp³-hybridized carbons (Fsp3) is 0.458. The van der Waals surface area contributed by atoms with Crippen molar-refractivity contribution in [3.8, 4) is 0 Å². The lowest BCUT2D eigenvalue weighted by molar-refractivity contribution is -0.142. The molecule has 0 aromatic carbocycles. The van der Waals surface area contributed by atoms with Crippen LogP contribution in [0.2, 0.25) is 0 Å². The Morgan fingerprint density at radius 3 is 2.72 bits per heavy atom. The topological polar surface area (TPSA) is 71.8 Å². The first-order valence-corrected chi connectivity index (χ1v) is 13.8. The molecule has 0 radical (unpaired) electrons. The second-order valence-corrected chi connectivity index (χ2v) is 11.2. The summed E-state index contributed by atoms with van der Waals surface area (Å²) in [6, 6.07) is 0.702. The summed E-state index contributed by atoms with van der Waals surface area (Å²) in [4.78, 5) is 17.4. The van der Waals surface area contributed by atoms with Gasteiger partial charge in [0.25, 0.3) is 5.92 Å². The molecule has 39 heavy (non-hydrogen) atoms. The third-order valence-electron chi connectivity index (χ3n) is 6.93. The molecule has 0 aliphatic heterocycles. The summed E-state index contributed by atoms with van der Waals surface area (Å²) in [5.74, 6) is -8.79. The summed E-state index contributed by atoms with van der Waals surface area (Å²) < 4.78 is 102.